The Bertz CT molecular complexity index is 947. The summed E-state index contributed by atoms with van der Waals surface area (Å²) in [6.07, 6.45) is 5.70. The molecule has 29 heavy (non-hydrogen) atoms. The van der Waals surface area contributed by atoms with E-state index in [2.05, 4.69) is 75.7 Å². The molecule has 2 aromatic rings. The van der Waals surface area contributed by atoms with Crippen LogP contribution in [-0.4, -0.2) is 48.9 Å². The molecule has 4 nitrogen and oxygen atoms in total. The van der Waals surface area contributed by atoms with Crippen molar-refractivity contribution in [3.63, 3.8) is 0 Å². The number of likely N-dealkylation sites (N-methyl/N-ethyl adjacent to an activating group) is 1. The van der Waals surface area contributed by atoms with E-state index in [0.29, 0.717) is 11.8 Å². The van der Waals surface area contributed by atoms with Crippen LogP contribution >= 0.6 is 15.9 Å². The monoisotopic (exact) mass is 451 g/mol. The van der Waals surface area contributed by atoms with E-state index in [-0.39, 0.29) is 11.9 Å². The number of carbonyl (C=O) groups is 1. The van der Waals surface area contributed by atoms with Gasteiger partial charge in [0.1, 0.15) is 0 Å². The Morgan fingerprint density at radius 1 is 1.07 bits per heavy atom. The molecule has 3 aliphatic rings. The van der Waals surface area contributed by atoms with E-state index < -0.39 is 0 Å². The molecule has 1 N–H and O–H groups in total. The lowest BCUT2D eigenvalue weighted by atomic mass is 9.76. The van der Waals surface area contributed by atoms with E-state index in [4.69, 9.17) is 0 Å². The summed E-state index contributed by atoms with van der Waals surface area (Å²) in [5.74, 6) is 0.996. The van der Waals surface area contributed by atoms with Crippen LogP contribution in [0.2, 0.25) is 0 Å². The number of halogens is 1. The highest BCUT2D eigenvalue weighted by Crippen LogP contribution is 2.50. The first-order valence-corrected chi connectivity index (χ1v) is 11.2. The Morgan fingerprint density at radius 3 is 2.59 bits per heavy atom. The zero-order valence-corrected chi connectivity index (χ0v) is 18.2. The summed E-state index contributed by atoms with van der Waals surface area (Å²) in [6.45, 7) is 3.45. The van der Waals surface area contributed by atoms with E-state index in [1.165, 1.54) is 11.1 Å². The first-order valence-electron chi connectivity index (χ1n) is 10.4. The van der Waals surface area contributed by atoms with E-state index in [1.54, 1.807) is 0 Å². The van der Waals surface area contributed by atoms with Crippen LogP contribution in [0.5, 0.6) is 0 Å². The lowest BCUT2D eigenvalue weighted by Crippen LogP contribution is -2.47. The number of para-hydroxylation sites is 1. The topological polar surface area (TPSA) is 35.6 Å². The van der Waals surface area contributed by atoms with Crippen molar-refractivity contribution in [2.75, 3.05) is 38.5 Å². The van der Waals surface area contributed by atoms with Gasteiger partial charge in [0.15, 0.2) is 0 Å². The molecule has 1 fully saturated rings. The summed E-state index contributed by atoms with van der Waals surface area (Å²) in [5, 5.41) is 3.79. The van der Waals surface area contributed by atoms with Gasteiger partial charge in [0.25, 0.3) is 5.91 Å². The molecular weight excluding hydrogens is 426 g/mol. The summed E-state index contributed by atoms with van der Waals surface area (Å²) in [4.78, 5) is 17.7. The standard InChI is InChI=1S/C24H26BrN3O/c1-27-12-14-28(15-13-27)24(29)21-7-3-6-20-18-4-2-5-19(18)22(26-23(20)21)16-8-10-17(25)11-9-16/h2-4,6-11,18-19,22,26H,5,12-15H2,1H3. The summed E-state index contributed by atoms with van der Waals surface area (Å²) in [7, 11) is 2.11. The average molecular weight is 452 g/mol. The van der Waals surface area contributed by atoms with Crippen LogP contribution in [0.3, 0.4) is 0 Å². The van der Waals surface area contributed by atoms with Crippen LogP contribution in [-0.2, 0) is 0 Å². The molecule has 5 heteroatoms. The molecule has 150 valence electrons. The average Bonchev–Trinajstić information content (AvgIpc) is 3.24. The second kappa shape index (κ2) is 7.62. The van der Waals surface area contributed by atoms with E-state index >= 15 is 0 Å². The number of hydrogen-bond donors (Lipinski definition) is 1. The number of hydrogen-bond acceptors (Lipinski definition) is 3. The van der Waals surface area contributed by atoms with Gasteiger partial charge in [0.2, 0.25) is 0 Å². The van der Waals surface area contributed by atoms with Crippen molar-refractivity contribution in [1.29, 1.82) is 0 Å². The Balaban J connectivity index is 1.52. The minimum absolute atomic E-state index is 0.150. The van der Waals surface area contributed by atoms with Gasteiger partial charge in [-0.05, 0) is 48.7 Å². The zero-order chi connectivity index (χ0) is 20.0. The number of piperazine rings is 1. The fourth-order valence-electron chi connectivity index (χ4n) is 4.98. The Hall–Kier alpha value is -2.11. The number of anilines is 1. The normalized spacial score (nSPS) is 26.0. The van der Waals surface area contributed by atoms with Gasteiger partial charge in [-0.2, -0.15) is 0 Å². The maximum absolute atomic E-state index is 13.4. The summed E-state index contributed by atoms with van der Waals surface area (Å²) >= 11 is 3.54. The molecule has 2 aliphatic heterocycles. The minimum Gasteiger partial charge on any atom is -0.377 e. The van der Waals surface area contributed by atoms with E-state index in [9.17, 15) is 4.79 Å². The van der Waals surface area contributed by atoms with Crippen molar-refractivity contribution in [1.82, 2.24) is 9.80 Å². The summed E-state index contributed by atoms with van der Waals surface area (Å²) in [6, 6.07) is 15.0. The first-order chi connectivity index (χ1) is 14.1. The van der Waals surface area contributed by atoms with Crippen LogP contribution in [0.15, 0.2) is 59.1 Å². The fourth-order valence-corrected chi connectivity index (χ4v) is 5.24. The predicted molar refractivity (Wildman–Crippen MR) is 120 cm³/mol. The molecule has 0 radical (unpaired) electrons. The second-order valence-corrected chi connectivity index (χ2v) is 9.31. The fraction of sp³-hybridized carbons (Fsp3) is 0.375. The van der Waals surface area contributed by atoms with Crippen LogP contribution in [0, 0.1) is 5.92 Å². The van der Waals surface area contributed by atoms with Crippen molar-refractivity contribution in [2.45, 2.75) is 18.4 Å². The molecular formula is C24H26BrN3O. The largest absolute Gasteiger partial charge is 0.377 e. The highest BCUT2D eigenvalue weighted by molar-refractivity contribution is 9.10. The molecule has 0 aromatic heterocycles. The minimum atomic E-state index is 0.150. The van der Waals surface area contributed by atoms with Crippen molar-refractivity contribution in [3.05, 3.63) is 75.8 Å². The number of nitrogens with one attached hydrogen (secondary N) is 1. The van der Waals surface area contributed by atoms with Gasteiger partial charge in [0.05, 0.1) is 17.3 Å². The molecule has 0 saturated carbocycles. The van der Waals surface area contributed by atoms with Crippen molar-refractivity contribution < 1.29 is 4.79 Å². The van der Waals surface area contributed by atoms with Crippen molar-refractivity contribution in [2.24, 2.45) is 5.92 Å². The molecule has 2 aromatic carbocycles. The number of amides is 1. The summed E-state index contributed by atoms with van der Waals surface area (Å²) in [5.41, 5.74) is 4.38. The number of rotatable bonds is 2. The molecule has 1 saturated heterocycles. The third kappa shape index (κ3) is 3.40. The van der Waals surface area contributed by atoms with Gasteiger partial charge in [-0.3, -0.25) is 4.79 Å². The molecule has 5 rings (SSSR count). The van der Waals surface area contributed by atoms with Gasteiger partial charge in [-0.15, -0.1) is 0 Å². The maximum atomic E-state index is 13.4. The van der Waals surface area contributed by atoms with Crippen LogP contribution < -0.4 is 5.32 Å². The number of benzene rings is 2. The lowest BCUT2D eigenvalue weighted by molar-refractivity contribution is 0.0664. The third-order valence-corrected chi connectivity index (χ3v) is 7.18. The molecule has 3 atom stereocenters. The third-order valence-electron chi connectivity index (χ3n) is 6.65. The molecule has 0 spiro atoms. The SMILES string of the molecule is CN1CCN(C(=O)c2cccc3c2NC(c2ccc(Br)cc2)C2CC=CC32)CC1. The molecule has 3 unspecified atom stereocenters. The van der Waals surface area contributed by atoms with Gasteiger partial charge in [0, 0.05) is 36.6 Å². The maximum Gasteiger partial charge on any atom is 0.256 e. The highest BCUT2D eigenvalue weighted by Gasteiger charge is 2.39. The highest BCUT2D eigenvalue weighted by atomic mass is 79.9. The van der Waals surface area contributed by atoms with Crippen LogP contribution in [0.25, 0.3) is 0 Å². The van der Waals surface area contributed by atoms with Gasteiger partial charge < -0.3 is 15.1 Å². The molecule has 1 amide bonds. The van der Waals surface area contributed by atoms with Gasteiger partial charge in [-0.1, -0.05) is 52.3 Å². The summed E-state index contributed by atoms with van der Waals surface area (Å²) < 4.78 is 1.09. The molecule has 2 heterocycles. The number of fused-ring (bicyclic) bond motifs is 3. The van der Waals surface area contributed by atoms with Crippen LogP contribution in [0.4, 0.5) is 5.69 Å². The first kappa shape index (κ1) is 18.9. The number of carbonyl (C=O) groups excluding carboxylic acids is 1. The second-order valence-electron chi connectivity index (χ2n) is 8.39. The molecule has 1 aliphatic carbocycles. The van der Waals surface area contributed by atoms with E-state index in [1.807, 2.05) is 17.0 Å². The van der Waals surface area contributed by atoms with E-state index in [0.717, 1.165) is 48.3 Å². The Morgan fingerprint density at radius 2 is 1.83 bits per heavy atom. The number of allylic oxidation sites excluding steroid dienone is 2. The van der Waals surface area contributed by atoms with Gasteiger partial charge in [-0.25, -0.2) is 0 Å². The van der Waals surface area contributed by atoms with Gasteiger partial charge >= 0.3 is 0 Å². The van der Waals surface area contributed by atoms with Crippen molar-refractivity contribution in [3.8, 4) is 0 Å². The Kier molecular flexibility index (Phi) is 4.96. The smallest absolute Gasteiger partial charge is 0.256 e. The molecule has 0 bridgehead atoms. The predicted octanol–water partition coefficient (Wildman–Crippen LogP) is 4.66. The van der Waals surface area contributed by atoms with Crippen LogP contribution in [0.1, 0.15) is 39.9 Å². The van der Waals surface area contributed by atoms with Crippen molar-refractivity contribution >= 4 is 27.5 Å². The quantitative estimate of drug-likeness (QED) is 0.674. The number of nitrogens with zero attached hydrogens (tertiary/aromatic N) is 2. The lowest BCUT2D eigenvalue weighted by Gasteiger charge is -2.39. The zero-order valence-electron chi connectivity index (χ0n) is 16.6. The Labute approximate surface area is 180 Å².